The highest BCUT2D eigenvalue weighted by Crippen LogP contribution is 2.24. The summed E-state index contributed by atoms with van der Waals surface area (Å²) >= 11 is 0. The molecule has 2 heterocycles. The molecule has 0 spiro atoms. The molecule has 19 heavy (non-hydrogen) atoms. The topological polar surface area (TPSA) is 66.0 Å². The average molecular weight is 260 g/mol. The largest absolute Gasteiger partial charge is 0.496 e. The van der Waals surface area contributed by atoms with Gasteiger partial charge in [0.25, 0.3) is 0 Å². The van der Waals surface area contributed by atoms with Gasteiger partial charge in [0, 0.05) is 29.9 Å². The summed E-state index contributed by atoms with van der Waals surface area (Å²) in [6.07, 6.45) is 6.48. The lowest BCUT2D eigenvalue weighted by Crippen LogP contribution is -2.05. The Hall–Kier alpha value is -1.88. The maximum absolute atomic E-state index is 5.52. The standard InChI is InChI=1S/C14H20N4O/c1-10-6-16-13(11(2)14(10)19-3)8-18-7-12(4-5-15)17-9-18/h6-7,9H,4-5,8,15H2,1-3H3. The molecule has 2 rings (SSSR count). The van der Waals surface area contributed by atoms with Crippen molar-refractivity contribution in [2.24, 2.45) is 5.73 Å². The lowest BCUT2D eigenvalue weighted by molar-refractivity contribution is 0.406. The second-order valence-corrected chi connectivity index (χ2v) is 4.62. The van der Waals surface area contributed by atoms with Crippen molar-refractivity contribution in [2.75, 3.05) is 13.7 Å². The highest BCUT2D eigenvalue weighted by molar-refractivity contribution is 5.41. The SMILES string of the molecule is COc1c(C)cnc(Cn2cnc(CCN)c2)c1C. The van der Waals surface area contributed by atoms with Crippen molar-refractivity contribution < 1.29 is 4.74 Å². The Morgan fingerprint density at radius 1 is 1.32 bits per heavy atom. The van der Waals surface area contributed by atoms with E-state index in [9.17, 15) is 0 Å². The molecule has 0 saturated heterocycles. The summed E-state index contributed by atoms with van der Waals surface area (Å²) in [4.78, 5) is 8.80. The number of hydrogen-bond acceptors (Lipinski definition) is 4. The Morgan fingerprint density at radius 2 is 2.11 bits per heavy atom. The summed E-state index contributed by atoms with van der Waals surface area (Å²) < 4.78 is 7.44. The molecule has 0 atom stereocenters. The van der Waals surface area contributed by atoms with Crippen LogP contribution in [0.5, 0.6) is 5.75 Å². The molecule has 0 fully saturated rings. The number of aromatic nitrogens is 3. The second-order valence-electron chi connectivity index (χ2n) is 4.62. The third kappa shape index (κ3) is 2.93. The molecule has 0 radical (unpaired) electrons. The summed E-state index contributed by atoms with van der Waals surface area (Å²) in [7, 11) is 1.69. The first-order chi connectivity index (χ1) is 9.15. The predicted octanol–water partition coefficient (Wildman–Crippen LogP) is 1.45. The molecule has 2 aromatic rings. The molecule has 2 aromatic heterocycles. The monoisotopic (exact) mass is 260 g/mol. The van der Waals surface area contributed by atoms with Crippen LogP contribution in [-0.2, 0) is 13.0 Å². The van der Waals surface area contributed by atoms with E-state index in [0.29, 0.717) is 13.1 Å². The minimum atomic E-state index is 0.618. The molecule has 0 aliphatic rings. The first-order valence-corrected chi connectivity index (χ1v) is 6.35. The quantitative estimate of drug-likeness (QED) is 0.883. The van der Waals surface area contributed by atoms with E-state index in [2.05, 4.69) is 9.97 Å². The van der Waals surface area contributed by atoms with Crippen LogP contribution in [0.25, 0.3) is 0 Å². The van der Waals surface area contributed by atoms with E-state index < -0.39 is 0 Å². The van der Waals surface area contributed by atoms with Crippen molar-refractivity contribution in [2.45, 2.75) is 26.8 Å². The molecule has 0 unspecified atom stereocenters. The molecule has 0 aromatic carbocycles. The molecular formula is C14H20N4O. The van der Waals surface area contributed by atoms with Crippen LogP contribution < -0.4 is 10.5 Å². The highest BCUT2D eigenvalue weighted by Gasteiger charge is 2.10. The Morgan fingerprint density at radius 3 is 2.79 bits per heavy atom. The maximum Gasteiger partial charge on any atom is 0.128 e. The third-order valence-electron chi connectivity index (χ3n) is 3.17. The van der Waals surface area contributed by atoms with Crippen LogP contribution in [0.3, 0.4) is 0 Å². The van der Waals surface area contributed by atoms with Crippen LogP contribution in [0.4, 0.5) is 0 Å². The Balaban J connectivity index is 2.23. The molecule has 0 aliphatic carbocycles. The number of methoxy groups -OCH3 is 1. The lowest BCUT2D eigenvalue weighted by Gasteiger charge is -2.12. The number of hydrogen-bond donors (Lipinski definition) is 1. The van der Waals surface area contributed by atoms with E-state index in [1.165, 1.54) is 0 Å². The Bertz CT molecular complexity index is 563. The van der Waals surface area contributed by atoms with Crippen molar-refractivity contribution in [3.05, 3.63) is 41.2 Å². The van der Waals surface area contributed by atoms with E-state index >= 15 is 0 Å². The van der Waals surface area contributed by atoms with Gasteiger partial charge in [-0.1, -0.05) is 0 Å². The zero-order valence-electron chi connectivity index (χ0n) is 11.7. The fraction of sp³-hybridized carbons (Fsp3) is 0.429. The number of pyridine rings is 1. The molecule has 0 bridgehead atoms. The van der Waals surface area contributed by atoms with Crippen LogP contribution in [0.1, 0.15) is 22.5 Å². The summed E-state index contributed by atoms with van der Waals surface area (Å²) in [5.74, 6) is 0.910. The number of nitrogens with two attached hydrogens (primary N) is 1. The smallest absolute Gasteiger partial charge is 0.128 e. The molecule has 5 heteroatoms. The zero-order chi connectivity index (χ0) is 13.8. The van der Waals surface area contributed by atoms with Gasteiger partial charge in [0.2, 0.25) is 0 Å². The number of ether oxygens (including phenoxy) is 1. The zero-order valence-corrected chi connectivity index (χ0v) is 11.7. The number of imidazole rings is 1. The number of nitrogens with zero attached hydrogens (tertiary/aromatic N) is 3. The average Bonchev–Trinajstić information content (AvgIpc) is 2.82. The van der Waals surface area contributed by atoms with Gasteiger partial charge in [0.15, 0.2) is 0 Å². The Labute approximate surface area is 113 Å². The van der Waals surface area contributed by atoms with Gasteiger partial charge >= 0.3 is 0 Å². The predicted molar refractivity (Wildman–Crippen MR) is 74.4 cm³/mol. The van der Waals surface area contributed by atoms with Crippen LogP contribution in [0, 0.1) is 13.8 Å². The second kappa shape index (κ2) is 5.84. The minimum absolute atomic E-state index is 0.618. The normalized spacial score (nSPS) is 10.7. The molecule has 0 amide bonds. The van der Waals surface area contributed by atoms with Crippen molar-refractivity contribution >= 4 is 0 Å². The molecule has 2 N–H and O–H groups in total. The number of aryl methyl sites for hydroxylation is 1. The fourth-order valence-corrected chi connectivity index (χ4v) is 2.17. The van der Waals surface area contributed by atoms with E-state index in [1.807, 2.05) is 37.1 Å². The molecule has 102 valence electrons. The summed E-state index contributed by atoms with van der Waals surface area (Å²) in [6.45, 7) is 5.35. The van der Waals surface area contributed by atoms with Crippen LogP contribution >= 0.6 is 0 Å². The molecular weight excluding hydrogens is 240 g/mol. The Kier molecular flexibility index (Phi) is 4.16. The van der Waals surface area contributed by atoms with Gasteiger partial charge in [-0.2, -0.15) is 0 Å². The van der Waals surface area contributed by atoms with E-state index in [1.54, 1.807) is 7.11 Å². The minimum Gasteiger partial charge on any atom is -0.496 e. The third-order valence-corrected chi connectivity index (χ3v) is 3.17. The molecule has 0 aliphatic heterocycles. The fourth-order valence-electron chi connectivity index (χ4n) is 2.17. The van der Waals surface area contributed by atoms with Crippen molar-refractivity contribution in [1.82, 2.24) is 14.5 Å². The summed E-state index contributed by atoms with van der Waals surface area (Å²) in [5, 5.41) is 0. The van der Waals surface area contributed by atoms with Crippen LogP contribution in [0.15, 0.2) is 18.7 Å². The first-order valence-electron chi connectivity index (χ1n) is 6.35. The number of rotatable bonds is 5. The van der Waals surface area contributed by atoms with Crippen molar-refractivity contribution in [3.8, 4) is 5.75 Å². The van der Waals surface area contributed by atoms with Crippen LogP contribution in [0.2, 0.25) is 0 Å². The van der Waals surface area contributed by atoms with Gasteiger partial charge in [0.05, 0.1) is 31.4 Å². The van der Waals surface area contributed by atoms with Gasteiger partial charge in [-0.25, -0.2) is 4.98 Å². The maximum atomic E-state index is 5.52. The van der Waals surface area contributed by atoms with E-state index in [0.717, 1.165) is 34.7 Å². The first kappa shape index (κ1) is 13.5. The molecule has 5 nitrogen and oxygen atoms in total. The van der Waals surface area contributed by atoms with E-state index in [-0.39, 0.29) is 0 Å². The van der Waals surface area contributed by atoms with Gasteiger partial charge in [-0.15, -0.1) is 0 Å². The van der Waals surface area contributed by atoms with Gasteiger partial charge in [0.1, 0.15) is 5.75 Å². The van der Waals surface area contributed by atoms with Crippen molar-refractivity contribution in [3.63, 3.8) is 0 Å². The molecule has 0 saturated carbocycles. The van der Waals surface area contributed by atoms with Gasteiger partial charge < -0.3 is 15.0 Å². The van der Waals surface area contributed by atoms with Crippen LogP contribution in [-0.4, -0.2) is 28.2 Å². The summed E-state index contributed by atoms with van der Waals surface area (Å²) in [6, 6.07) is 0. The lowest BCUT2D eigenvalue weighted by atomic mass is 10.1. The van der Waals surface area contributed by atoms with E-state index in [4.69, 9.17) is 10.5 Å². The van der Waals surface area contributed by atoms with Gasteiger partial charge in [-0.3, -0.25) is 4.98 Å². The highest BCUT2D eigenvalue weighted by atomic mass is 16.5. The van der Waals surface area contributed by atoms with Gasteiger partial charge in [-0.05, 0) is 20.4 Å². The summed E-state index contributed by atoms with van der Waals surface area (Å²) in [5.41, 5.74) is 9.67. The van der Waals surface area contributed by atoms with Crippen molar-refractivity contribution in [1.29, 1.82) is 0 Å².